The summed E-state index contributed by atoms with van der Waals surface area (Å²) >= 11 is 0. The zero-order valence-electron chi connectivity index (χ0n) is 23.7. The van der Waals surface area contributed by atoms with Gasteiger partial charge in [-0.05, 0) is 48.0 Å². The van der Waals surface area contributed by atoms with Gasteiger partial charge in [0.25, 0.3) is 0 Å². The molecule has 10 heteroatoms. The molecule has 10 nitrogen and oxygen atoms in total. The van der Waals surface area contributed by atoms with Crippen molar-refractivity contribution in [1.29, 1.82) is 0 Å². The number of hydrogen-bond acceptors (Lipinski definition) is 8. The first-order valence-corrected chi connectivity index (χ1v) is 13.9. The summed E-state index contributed by atoms with van der Waals surface area (Å²) in [6.07, 6.45) is 3.81. The lowest BCUT2D eigenvalue weighted by Crippen LogP contribution is -2.49. The number of nitrogens with one attached hydrogen (secondary N) is 1. The molecule has 0 spiro atoms. The molecule has 0 atom stereocenters. The minimum atomic E-state index is 0.105. The van der Waals surface area contributed by atoms with E-state index in [0.29, 0.717) is 57.3 Å². The van der Waals surface area contributed by atoms with Crippen LogP contribution in [-0.4, -0.2) is 79.4 Å². The first kappa shape index (κ1) is 27.3. The second kappa shape index (κ2) is 12.4. The van der Waals surface area contributed by atoms with E-state index in [-0.39, 0.29) is 5.91 Å². The quantitative estimate of drug-likeness (QED) is 0.240. The standard InChI is InChI=1S/C32H33N5O5/c1-39-15-16-41-30-20-28-26(19-29(30)40-2)32(35-21-34-28)37-13-11-36(12-14-37)31(38)17-22-3-5-24(6-4-22)42-25-7-8-27-23(18-25)9-10-33-27/h3-10,18-21,33H,11-17H2,1-2H3. The highest BCUT2D eigenvalue weighted by atomic mass is 16.5. The molecule has 5 aromatic rings. The van der Waals surface area contributed by atoms with Crippen molar-refractivity contribution in [3.8, 4) is 23.0 Å². The Morgan fingerprint density at radius 1 is 0.881 bits per heavy atom. The Morgan fingerprint density at radius 2 is 1.69 bits per heavy atom. The fraction of sp³-hybridized carbons (Fsp3) is 0.281. The summed E-state index contributed by atoms with van der Waals surface area (Å²) in [4.78, 5) is 29.5. The summed E-state index contributed by atoms with van der Waals surface area (Å²) in [5, 5.41) is 1.98. The Labute approximate surface area is 243 Å². The van der Waals surface area contributed by atoms with Gasteiger partial charge in [0, 0.05) is 61.8 Å². The molecule has 0 saturated carbocycles. The normalized spacial score (nSPS) is 13.5. The monoisotopic (exact) mass is 567 g/mol. The Bertz CT molecular complexity index is 1680. The molecule has 0 radical (unpaired) electrons. The van der Waals surface area contributed by atoms with E-state index in [1.807, 2.05) is 71.8 Å². The number of benzene rings is 3. The molecule has 1 fully saturated rings. The number of fused-ring (bicyclic) bond motifs is 2. The Kier molecular flexibility index (Phi) is 8.05. The van der Waals surface area contributed by atoms with Crippen LogP contribution in [0, 0.1) is 0 Å². The number of nitrogens with zero attached hydrogens (tertiary/aromatic N) is 4. The molecular formula is C32H33N5O5. The molecule has 0 aliphatic carbocycles. The van der Waals surface area contributed by atoms with Crippen LogP contribution in [0.25, 0.3) is 21.8 Å². The predicted octanol–water partition coefficient (Wildman–Crippen LogP) is 4.83. The van der Waals surface area contributed by atoms with Gasteiger partial charge in [-0.25, -0.2) is 9.97 Å². The van der Waals surface area contributed by atoms with Crippen LogP contribution in [0.5, 0.6) is 23.0 Å². The number of hydrogen-bond donors (Lipinski definition) is 1. The van der Waals surface area contributed by atoms with Gasteiger partial charge in [-0.2, -0.15) is 0 Å². The maximum Gasteiger partial charge on any atom is 0.227 e. The Morgan fingerprint density at radius 3 is 2.48 bits per heavy atom. The lowest BCUT2D eigenvalue weighted by atomic mass is 10.1. The van der Waals surface area contributed by atoms with Gasteiger partial charge < -0.3 is 33.7 Å². The Balaban J connectivity index is 1.06. The Hall–Kier alpha value is -4.83. The molecule has 6 rings (SSSR count). The van der Waals surface area contributed by atoms with E-state index in [1.54, 1.807) is 20.5 Å². The molecule has 1 saturated heterocycles. The fourth-order valence-electron chi connectivity index (χ4n) is 5.17. The number of carbonyl (C=O) groups excluding carboxylic acids is 1. The predicted molar refractivity (Wildman–Crippen MR) is 161 cm³/mol. The average Bonchev–Trinajstić information content (AvgIpc) is 3.49. The van der Waals surface area contributed by atoms with Crippen LogP contribution < -0.4 is 19.1 Å². The number of anilines is 1. The molecule has 1 amide bonds. The average molecular weight is 568 g/mol. The van der Waals surface area contributed by atoms with Crippen molar-refractivity contribution in [3.63, 3.8) is 0 Å². The van der Waals surface area contributed by atoms with Gasteiger partial charge >= 0.3 is 0 Å². The number of aromatic nitrogens is 3. The molecule has 1 aliphatic heterocycles. The van der Waals surface area contributed by atoms with E-state index in [4.69, 9.17) is 18.9 Å². The summed E-state index contributed by atoms with van der Waals surface area (Å²) < 4.78 is 22.5. The van der Waals surface area contributed by atoms with Crippen molar-refractivity contribution < 1.29 is 23.7 Å². The van der Waals surface area contributed by atoms with Crippen LogP contribution in [0.2, 0.25) is 0 Å². The summed E-state index contributed by atoms with van der Waals surface area (Å²) in [6.45, 7) is 3.46. The van der Waals surface area contributed by atoms with Gasteiger partial charge in [0.15, 0.2) is 11.5 Å². The van der Waals surface area contributed by atoms with Gasteiger partial charge in [-0.3, -0.25) is 4.79 Å². The first-order chi connectivity index (χ1) is 20.6. The van der Waals surface area contributed by atoms with E-state index in [1.165, 1.54) is 0 Å². The van der Waals surface area contributed by atoms with E-state index in [2.05, 4.69) is 19.9 Å². The van der Waals surface area contributed by atoms with Crippen LogP contribution in [0.1, 0.15) is 5.56 Å². The topological polar surface area (TPSA) is 102 Å². The molecule has 2 aromatic heterocycles. The molecule has 0 bridgehead atoms. The first-order valence-electron chi connectivity index (χ1n) is 13.9. The summed E-state index contributed by atoms with van der Waals surface area (Å²) in [7, 11) is 3.25. The van der Waals surface area contributed by atoms with Crippen molar-refractivity contribution in [2.45, 2.75) is 6.42 Å². The van der Waals surface area contributed by atoms with Crippen molar-refractivity contribution in [2.75, 3.05) is 58.5 Å². The fourth-order valence-corrected chi connectivity index (χ4v) is 5.17. The van der Waals surface area contributed by atoms with E-state index < -0.39 is 0 Å². The summed E-state index contributed by atoms with van der Waals surface area (Å²) in [5.74, 6) is 3.65. The van der Waals surface area contributed by atoms with Gasteiger partial charge in [0.05, 0.1) is 25.7 Å². The highest BCUT2D eigenvalue weighted by Gasteiger charge is 2.24. The number of carbonyl (C=O) groups is 1. The third-order valence-electron chi connectivity index (χ3n) is 7.42. The number of amides is 1. The molecule has 42 heavy (non-hydrogen) atoms. The SMILES string of the molecule is COCCOc1cc2ncnc(N3CCN(C(=O)Cc4ccc(Oc5ccc6[nH]ccc6c5)cc4)CC3)c2cc1OC. The van der Waals surface area contributed by atoms with Crippen molar-refractivity contribution in [3.05, 3.63) is 78.8 Å². The molecular weight excluding hydrogens is 534 g/mol. The largest absolute Gasteiger partial charge is 0.493 e. The highest BCUT2D eigenvalue weighted by Crippen LogP contribution is 2.35. The van der Waals surface area contributed by atoms with Crippen molar-refractivity contribution in [2.24, 2.45) is 0 Å². The summed E-state index contributed by atoms with van der Waals surface area (Å²) in [6, 6.07) is 19.4. The molecule has 3 aromatic carbocycles. The summed E-state index contributed by atoms with van der Waals surface area (Å²) in [5.41, 5.74) is 2.79. The second-order valence-electron chi connectivity index (χ2n) is 10.1. The lowest BCUT2D eigenvalue weighted by Gasteiger charge is -2.36. The third-order valence-corrected chi connectivity index (χ3v) is 7.42. The van der Waals surface area contributed by atoms with Crippen LogP contribution >= 0.6 is 0 Å². The number of aromatic amines is 1. The maximum absolute atomic E-state index is 13.1. The lowest BCUT2D eigenvalue weighted by molar-refractivity contribution is -0.130. The molecule has 0 unspecified atom stereocenters. The van der Waals surface area contributed by atoms with Crippen LogP contribution in [-0.2, 0) is 16.0 Å². The number of rotatable bonds is 10. The highest BCUT2D eigenvalue weighted by molar-refractivity contribution is 5.92. The second-order valence-corrected chi connectivity index (χ2v) is 10.1. The number of methoxy groups -OCH3 is 2. The van der Waals surface area contributed by atoms with Crippen LogP contribution in [0.4, 0.5) is 5.82 Å². The molecule has 1 N–H and O–H groups in total. The minimum Gasteiger partial charge on any atom is -0.493 e. The van der Waals surface area contributed by atoms with Gasteiger partial charge in [0.1, 0.15) is 30.3 Å². The van der Waals surface area contributed by atoms with Crippen LogP contribution in [0.3, 0.4) is 0 Å². The molecule has 1 aliphatic rings. The van der Waals surface area contributed by atoms with Gasteiger partial charge in [0.2, 0.25) is 5.91 Å². The van der Waals surface area contributed by atoms with Gasteiger partial charge in [-0.1, -0.05) is 12.1 Å². The van der Waals surface area contributed by atoms with E-state index in [9.17, 15) is 4.79 Å². The van der Waals surface area contributed by atoms with Crippen molar-refractivity contribution in [1.82, 2.24) is 19.9 Å². The number of piperazine rings is 1. The van der Waals surface area contributed by atoms with E-state index >= 15 is 0 Å². The zero-order valence-corrected chi connectivity index (χ0v) is 23.7. The number of H-pyrrole nitrogens is 1. The van der Waals surface area contributed by atoms with Gasteiger partial charge in [-0.15, -0.1) is 0 Å². The minimum absolute atomic E-state index is 0.105. The third kappa shape index (κ3) is 5.94. The van der Waals surface area contributed by atoms with Crippen LogP contribution in [0.15, 0.2) is 73.2 Å². The maximum atomic E-state index is 13.1. The number of ether oxygens (including phenoxy) is 4. The zero-order chi connectivity index (χ0) is 28.9. The van der Waals surface area contributed by atoms with Crippen molar-refractivity contribution >= 4 is 33.5 Å². The van der Waals surface area contributed by atoms with E-state index in [0.717, 1.165) is 44.7 Å². The molecule has 216 valence electrons. The smallest absolute Gasteiger partial charge is 0.227 e. The molecule has 3 heterocycles.